The van der Waals surface area contributed by atoms with Gasteiger partial charge in [-0.3, -0.25) is 4.90 Å². The molecule has 6 heteroatoms. The van der Waals surface area contributed by atoms with Crippen molar-refractivity contribution in [2.24, 2.45) is 0 Å². The molecule has 24 heavy (non-hydrogen) atoms. The molecule has 6 nitrogen and oxygen atoms in total. The second-order valence-electron chi connectivity index (χ2n) is 6.93. The lowest BCUT2D eigenvalue weighted by Crippen LogP contribution is -2.68. The first-order valence-corrected chi connectivity index (χ1v) is 7.94. The molecule has 0 aliphatic carbocycles. The molecule has 1 amide bonds. The molecule has 1 saturated heterocycles. The number of hydrogen-bond donors (Lipinski definition) is 0. The first-order chi connectivity index (χ1) is 11.2. The van der Waals surface area contributed by atoms with Crippen LogP contribution in [0, 0.1) is 0 Å². The predicted molar refractivity (Wildman–Crippen MR) is 89.0 cm³/mol. The third-order valence-electron chi connectivity index (χ3n) is 4.08. The van der Waals surface area contributed by atoms with Crippen LogP contribution in [-0.4, -0.2) is 48.9 Å². The Hall–Kier alpha value is -2.24. The molecule has 1 fully saturated rings. The number of nitrogens with zero attached hydrogens (tertiary/aromatic N) is 1. The molecule has 1 unspecified atom stereocenters. The number of rotatable bonds is 4. The SMILES string of the molecule is COC(=O)C1(Cc2cccc(OC)c2)CCN1C(=O)OC(C)(C)C. The fourth-order valence-corrected chi connectivity index (χ4v) is 2.85. The van der Waals surface area contributed by atoms with Crippen molar-refractivity contribution in [3.8, 4) is 5.75 Å². The highest BCUT2D eigenvalue weighted by molar-refractivity contribution is 5.88. The van der Waals surface area contributed by atoms with Crippen molar-refractivity contribution in [2.75, 3.05) is 20.8 Å². The van der Waals surface area contributed by atoms with Gasteiger partial charge in [0.2, 0.25) is 0 Å². The number of carbonyl (C=O) groups is 2. The molecule has 1 heterocycles. The van der Waals surface area contributed by atoms with Gasteiger partial charge >= 0.3 is 12.1 Å². The Balaban J connectivity index is 2.27. The molecule has 0 saturated carbocycles. The van der Waals surface area contributed by atoms with Crippen LogP contribution >= 0.6 is 0 Å². The van der Waals surface area contributed by atoms with Gasteiger partial charge < -0.3 is 14.2 Å². The topological polar surface area (TPSA) is 65.1 Å². The third kappa shape index (κ3) is 3.63. The minimum absolute atomic E-state index is 0.357. The maximum atomic E-state index is 12.5. The average molecular weight is 335 g/mol. The normalized spacial score (nSPS) is 20.1. The summed E-state index contributed by atoms with van der Waals surface area (Å²) in [6.45, 7) is 5.86. The van der Waals surface area contributed by atoms with E-state index in [9.17, 15) is 9.59 Å². The molecule has 132 valence electrons. The van der Waals surface area contributed by atoms with Crippen LogP contribution in [0.5, 0.6) is 5.75 Å². The predicted octanol–water partition coefficient (Wildman–Crippen LogP) is 2.79. The molecule has 1 aliphatic rings. The van der Waals surface area contributed by atoms with Crippen LogP contribution < -0.4 is 4.74 Å². The van der Waals surface area contributed by atoms with Crippen molar-refractivity contribution >= 4 is 12.1 Å². The van der Waals surface area contributed by atoms with Crippen molar-refractivity contribution in [1.29, 1.82) is 0 Å². The summed E-state index contributed by atoms with van der Waals surface area (Å²) in [5.74, 6) is 0.276. The van der Waals surface area contributed by atoms with Crippen LogP contribution in [0.2, 0.25) is 0 Å². The van der Waals surface area contributed by atoms with Crippen LogP contribution in [0.3, 0.4) is 0 Å². The summed E-state index contributed by atoms with van der Waals surface area (Å²) in [4.78, 5) is 26.4. The van der Waals surface area contributed by atoms with E-state index < -0.39 is 23.2 Å². The summed E-state index contributed by atoms with van der Waals surface area (Å²) in [6.07, 6.45) is 0.397. The fourth-order valence-electron chi connectivity index (χ4n) is 2.85. The maximum Gasteiger partial charge on any atom is 0.411 e. The molecular formula is C18H25NO5. The van der Waals surface area contributed by atoms with Crippen LogP contribution in [0.4, 0.5) is 4.79 Å². The summed E-state index contributed by atoms with van der Waals surface area (Å²) in [5.41, 5.74) is -0.749. The summed E-state index contributed by atoms with van der Waals surface area (Å²) in [5, 5.41) is 0. The number of ether oxygens (including phenoxy) is 3. The summed E-state index contributed by atoms with van der Waals surface area (Å²) < 4.78 is 15.6. The molecule has 0 spiro atoms. The molecule has 0 N–H and O–H groups in total. The monoisotopic (exact) mass is 335 g/mol. The zero-order valence-electron chi connectivity index (χ0n) is 14.9. The minimum Gasteiger partial charge on any atom is -0.497 e. The molecule has 2 rings (SSSR count). The summed E-state index contributed by atoms with van der Waals surface area (Å²) in [7, 11) is 2.92. The Morgan fingerprint density at radius 1 is 1.25 bits per heavy atom. The molecule has 1 aromatic rings. The van der Waals surface area contributed by atoms with Gasteiger partial charge in [-0.2, -0.15) is 0 Å². The highest BCUT2D eigenvalue weighted by Crippen LogP contribution is 2.37. The van der Waals surface area contributed by atoms with Gasteiger partial charge in [0, 0.05) is 13.0 Å². The van der Waals surface area contributed by atoms with Crippen LogP contribution in [0.1, 0.15) is 32.8 Å². The molecule has 0 bridgehead atoms. The summed E-state index contributed by atoms with van der Waals surface area (Å²) >= 11 is 0. The van der Waals surface area contributed by atoms with Crippen molar-refractivity contribution in [1.82, 2.24) is 4.90 Å². The van der Waals surface area contributed by atoms with Crippen molar-refractivity contribution in [2.45, 2.75) is 44.8 Å². The Morgan fingerprint density at radius 2 is 1.96 bits per heavy atom. The van der Waals surface area contributed by atoms with E-state index in [1.165, 1.54) is 12.0 Å². The lowest BCUT2D eigenvalue weighted by atomic mass is 9.79. The highest BCUT2D eigenvalue weighted by atomic mass is 16.6. The number of methoxy groups -OCH3 is 2. The van der Waals surface area contributed by atoms with Gasteiger partial charge in [0.1, 0.15) is 16.9 Å². The van der Waals surface area contributed by atoms with Gasteiger partial charge in [-0.25, -0.2) is 9.59 Å². The van der Waals surface area contributed by atoms with E-state index in [-0.39, 0.29) is 0 Å². The number of esters is 1. The lowest BCUT2D eigenvalue weighted by molar-refractivity contribution is -0.163. The zero-order chi connectivity index (χ0) is 18.0. The van der Waals surface area contributed by atoms with Crippen LogP contribution in [0.25, 0.3) is 0 Å². The largest absolute Gasteiger partial charge is 0.497 e. The van der Waals surface area contributed by atoms with Crippen molar-refractivity contribution in [3.63, 3.8) is 0 Å². The van der Waals surface area contributed by atoms with E-state index in [1.54, 1.807) is 27.9 Å². The van der Waals surface area contributed by atoms with Gasteiger partial charge in [-0.1, -0.05) is 12.1 Å². The number of benzene rings is 1. The number of amides is 1. The standard InChI is InChI=1S/C18H25NO5/c1-17(2,3)24-16(21)19-10-9-18(19,15(20)23-5)12-13-7-6-8-14(11-13)22-4/h6-8,11H,9-10,12H2,1-5H3. The molecule has 1 aliphatic heterocycles. The molecule has 0 radical (unpaired) electrons. The third-order valence-corrected chi connectivity index (χ3v) is 4.08. The fraction of sp³-hybridized carbons (Fsp3) is 0.556. The van der Waals surface area contributed by atoms with Crippen molar-refractivity contribution < 1.29 is 23.8 Å². The van der Waals surface area contributed by atoms with Gasteiger partial charge in [-0.15, -0.1) is 0 Å². The van der Waals surface area contributed by atoms with Crippen LogP contribution in [0.15, 0.2) is 24.3 Å². The summed E-state index contributed by atoms with van der Waals surface area (Å²) in [6, 6.07) is 7.45. The molecule has 0 aromatic heterocycles. The molecule has 1 aromatic carbocycles. The number of likely N-dealkylation sites (tertiary alicyclic amines) is 1. The first kappa shape index (κ1) is 18.1. The second kappa shape index (κ2) is 6.71. The number of carbonyl (C=O) groups excluding carboxylic acids is 2. The number of hydrogen-bond acceptors (Lipinski definition) is 5. The van der Waals surface area contributed by atoms with Crippen LogP contribution in [-0.2, 0) is 20.7 Å². The van der Waals surface area contributed by atoms with Crippen molar-refractivity contribution in [3.05, 3.63) is 29.8 Å². The lowest BCUT2D eigenvalue weighted by Gasteiger charge is -2.50. The van der Waals surface area contributed by atoms with E-state index in [2.05, 4.69) is 0 Å². The minimum atomic E-state index is -1.02. The maximum absolute atomic E-state index is 12.5. The highest BCUT2D eigenvalue weighted by Gasteiger charge is 2.55. The average Bonchev–Trinajstić information content (AvgIpc) is 2.49. The van der Waals surface area contributed by atoms with E-state index in [1.807, 2.05) is 24.3 Å². The van der Waals surface area contributed by atoms with Gasteiger partial charge in [-0.05, 0) is 44.9 Å². The van der Waals surface area contributed by atoms with Gasteiger partial charge in [0.15, 0.2) is 0 Å². The van der Waals surface area contributed by atoms with E-state index >= 15 is 0 Å². The Morgan fingerprint density at radius 3 is 2.46 bits per heavy atom. The Labute approximate surface area is 142 Å². The first-order valence-electron chi connectivity index (χ1n) is 7.94. The van der Waals surface area contributed by atoms with Gasteiger partial charge in [0.05, 0.1) is 14.2 Å². The quantitative estimate of drug-likeness (QED) is 0.792. The van der Waals surface area contributed by atoms with E-state index in [4.69, 9.17) is 14.2 Å². The second-order valence-corrected chi connectivity index (χ2v) is 6.93. The smallest absolute Gasteiger partial charge is 0.411 e. The van der Waals surface area contributed by atoms with E-state index in [0.29, 0.717) is 25.1 Å². The Kier molecular flexibility index (Phi) is 5.06. The molecule has 1 atom stereocenters. The Bertz CT molecular complexity index is 622. The zero-order valence-corrected chi connectivity index (χ0v) is 14.9. The van der Waals surface area contributed by atoms with E-state index in [0.717, 1.165) is 5.56 Å². The molecular weight excluding hydrogens is 310 g/mol. The van der Waals surface area contributed by atoms with Gasteiger partial charge in [0.25, 0.3) is 0 Å².